The molecule has 0 fully saturated rings. The topological polar surface area (TPSA) is 51.8 Å². The maximum atomic E-state index is 6.20. The van der Waals surface area contributed by atoms with Crippen LogP contribution in [0.1, 0.15) is 0 Å². The molecule has 11 rings (SSSR count). The normalized spacial score (nSPS) is 11.6. The van der Waals surface area contributed by atoms with Gasteiger partial charge in [-0.15, -0.1) is 0 Å². The third kappa shape index (κ3) is 5.43. The van der Waals surface area contributed by atoms with Gasteiger partial charge in [0.15, 0.2) is 17.5 Å². The van der Waals surface area contributed by atoms with Crippen molar-refractivity contribution >= 4 is 54.3 Å². The Hall–Kier alpha value is -7.43. The van der Waals surface area contributed by atoms with Gasteiger partial charge in [0.1, 0.15) is 11.2 Å². The Balaban J connectivity index is 1.08. The number of rotatable bonds is 5. The molecule has 55 heavy (non-hydrogen) atoms. The van der Waals surface area contributed by atoms with E-state index in [1.807, 2.05) is 12.1 Å². The van der Waals surface area contributed by atoms with Crippen molar-refractivity contribution in [2.24, 2.45) is 0 Å². The summed E-state index contributed by atoms with van der Waals surface area (Å²) in [5, 5.41) is 9.07. The molecule has 0 saturated heterocycles. The summed E-state index contributed by atoms with van der Waals surface area (Å²) in [6, 6.07) is 65.9. The first-order valence-corrected chi connectivity index (χ1v) is 18.5. The second-order valence-electron chi connectivity index (χ2n) is 14.0. The second kappa shape index (κ2) is 12.6. The highest BCUT2D eigenvalue weighted by Gasteiger charge is 2.17. The molecule has 0 N–H and O–H groups in total. The first-order valence-electron chi connectivity index (χ1n) is 18.5. The molecule has 2 aromatic heterocycles. The zero-order chi connectivity index (χ0) is 36.3. The second-order valence-corrected chi connectivity index (χ2v) is 14.0. The molecule has 0 atom stereocenters. The summed E-state index contributed by atoms with van der Waals surface area (Å²) in [6.45, 7) is 0. The monoisotopic (exact) mass is 701 g/mol. The third-order valence-corrected chi connectivity index (χ3v) is 10.7. The van der Waals surface area contributed by atoms with Crippen LogP contribution in [0.4, 0.5) is 0 Å². The average molecular weight is 702 g/mol. The van der Waals surface area contributed by atoms with E-state index in [2.05, 4.69) is 176 Å². The van der Waals surface area contributed by atoms with Crippen molar-refractivity contribution in [3.05, 3.63) is 188 Å². The van der Waals surface area contributed by atoms with E-state index in [-0.39, 0.29) is 0 Å². The van der Waals surface area contributed by atoms with Crippen molar-refractivity contribution in [1.29, 1.82) is 0 Å². The van der Waals surface area contributed by atoms with Gasteiger partial charge in [-0.3, -0.25) is 0 Å². The van der Waals surface area contributed by atoms with E-state index in [1.165, 1.54) is 27.5 Å². The van der Waals surface area contributed by atoms with Crippen LogP contribution in [0, 0.1) is 0 Å². The van der Waals surface area contributed by atoms with Crippen LogP contribution in [-0.2, 0) is 0 Å². The molecule has 11 aromatic rings. The summed E-state index contributed by atoms with van der Waals surface area (Å²) in [5.41, 5.74) is 9.22. The molecule has 2 heterocycles. The number of benzene rings is 9. The summed E-state index contributed by atoms with van der Waals surface area (Å²) >= 11 is 0. The van der Waals surface area contributed by atoms with Crippen LogP contribution in [0.2, 0.25) is 0 Å². The van der Waals surface area contributed by atoms with Gasteiger partial charge in [0, 0.05) is 27.5 Å². The fourth-order valence-corrected chi connectivity index (χ4v) is 7.91. The van der Waals surface area contributed by atoms with Gasteiger partial charge in [0.25, 0.3) is 0 Å². The summed E-state index contributed by atoms with van der Waals surface area (Å²) in [7, 11) is 0. The highest BCUT2D eigenvalue weighted by Crippen LogP contribution is 2.37. The highest BCUT2D eigenvalue weighted by atomic mass is 16.3. The number of aromatic nitrogens is 3. The van der Waals surface area contributed by atoms with Crippen LogP contribution >= 0.6 is 0 Å². The van der Waals surface area contributed by atoms with E-state index in [4.69, 9.17) is 19.4 Å². The fraction of sp³-hybridized carbons (Fsp3) is 0. The van der Waals surface area contributed by atoms with E-state index >= 15 is 0 Å². The largest absolute Gasteiger partial charge is 0.456 e. The predicted molar refractivity (Wildman–Crippen MR) is 227 cm³/mol. The lowest BCUT2D eigenvalue weighted by atomic mass is 9.94. The Labute approximate surface area is 317 Å². The number of hydrogen-bond acceptors (Lipinski definition) is 4. The molecule has 0 aliphatic rings. The van der Waals surface area contributed by atoms with Crippen LogP contribution in [-0.4, -0.2) is 15.0 Å². The number of para-hydroxylation sites is 1. The molecule has 0 aliphatic carbocycles. The van der Waals surface area contributed by atoms with Gasteiger partial charge in [0.2, 0.25) is 0 Å². The van der Waals surface area contributed by atoms with E-state index in [0.717, 1.165) is 65.7 Å². The number of fused-ring (bicyclic) bond motifs is 6. The van der Waals surface area contributed by atoms with Crippen LogP contribution < -0.4 is 0 Å². The maximum Gasteiger partial charge on any atom is 0.164 e. The smallest absolute Gasteiger partial charge is 0.164 e. The Morgan fingerprint density at radius 2 is 0.836 bits per heavy atom. The molecule has 0 spiro atoms. The first-order chi connectivity index (χ1) is 27.2. The summed E-state index contributed by atoms with van der Waals surface area (Å²) in [5.74, 6) is 1.87. The van der Waals surface area contributed by atoms with Crippen molar-refractivity contribution in [2.75, 3.05) is 0 Å². The van der Waals surface area contributed by atoms with Crippen molar-refractivity contribution in [3.8, 4) is 56.4 Å². The molecule has 0 saturated carbocycles. The van der Waals surface area contributed by atoms with Gasteiger partial charge in [0.05, 0.1) is 0 Å². The standard InChI is InChI=1S/C51H31N3O/c1-2-11-34(12-3-1)41-26-27-45(43-15-7-6-14-42(41)43)51-53-49(35-21-18-33(19-22-35)37-23-20-32-10-4-5-13-36(32)28-37)52-50(54-51)39-25-24-38-31-48-46(30-40(38)29-39)44-16-8-9-17-47(44)55-48/h1-31H. The molecule has 0 unspecified atom stereocenters. The van der Waals surface area contributed by atoms with Crippen LogP contribution in [0.25, 0.3) is 111 Å². The minimum Gasteiger partial charge on any atom is -0.456 e. The Kier molecular flexibility index (Phi) is 7.14. The van der Waals surface area contributed by atoms with E-state index in [1.54, 1.807) is 0 Å². The SMILES string of the molecule is c1ccc(-c2ccc(-c3nc(-c4ccc(-c5ccc6ccccc6c5)cc4)nc(-c4ccc5cc6oc7ccccc7c6cc5c4)n3)c3ccccc23)cc1. The van der Waals surface area contributed by atoms with E-state index in [9.17, 15) is 0 Å². The van der Waals surface area contributed by atoms with Crippen molar-refractivity contribution < 1.29 is 4.42 Å². The summed E-state index contributed by atoms with van der Waals surface area (Å²) in [6.07, 6.45) is 0. The molecule has 0 amide bonds. The summed E-state index contributed by atoms with van der Waals surface area (Å²) < 4.78 is 6.20. The number of furan rings is 1. The quantitative estimate of drug-likeness (QED) is 0.179. The minimum atomic E-state index is 0.619. The average Bonchev–Trinajstić information content (AvgIpc) is 3.62. The molecule has 4 nitrogen and oxygen atoms in total. The lowest BCUT2D eigenvalue weighted by molar-refractivity contribution is 0.669. The molecular weight excluding hydrogens is 671 g/mol. The minimum absolute atomic E-state index is 0.619. The fourth-order valence-electron chi connectivity index (χ4n) is 7.91. The first kappa shape index (κ1) is 31.1. The van der Waals surface area contributed by atoms with Crippen molar-refractivity contribution in [1.82, 2.24) is 15.0 Å². The molecule has 4 heteroatoms. The predicted octanol–water partition coefficient (Wildman–Crippen LogP) is 13.6. The number of hydrogen-bond donors (Lipinski definition) is 0. The molecule has 0 bridgehead atoms. The van der Waals surface area contributed by atoms with Crippen LogP contribution in [0.15, 0.2) is 192 Å². The Bertz CT molecular complexity index is 3260. The Morgan fingerprint density at radius 1 is 0.273 bits per heavy atom. The van der Waals surface area contributed by atoms with Crippen molar-refractivity contribution in [3.63, 3.8) is 0 Å². The van der Waals surface area contributed by atoms with Gasteiger partial charge in [-0.1, -0.05) is 152 Å². The van der Waals surface area contributed by atoms with E-state index < -0.39 is 0 Å². The third-order valence-electron chi connectivity index (χ3n) is 10.7. The van der Waals surface area contributed by atoms with Gasteiger partial charge < -0.3 is 4.42 Å². The van der Waals surface area contributed by atoms with E-state index in [0.29, 0.717) is 17.5 Å². The molecule has 256 valence electrons. The lowest BCUT2D eigenvalue weighted by Crippen LogP contribution is -2.01. The zero-order valence-electron chi connectivity index (χ0n) is 29.6. The molecule has 0 radical (unpaired) electrons. The van der Waals surface area contributed by atoms with Crippen molar-refractivity contribution in [2.45, 2.75) is 0 Å². The van der Waals surface area contributed by atoms with Crippen LogP contribution in [0.3, 0.4) is 0 Å². The lowest BCUT2D eigenvalue weighted by Gasteiger charge is -2.13. The molecule has 0 aliphatic heterocycles. The summed E-state index contributed by atoms with van der Waals surface area (Å²) in [4.78, 5) is 15.6. The maximum absolute atomic E-state index is 6.20. The zero-order valence-corrected chi connectivity index (χ0v) is 29.6. The van der Waals surface area contributed by atoms with Crippen LogP contribution in [0.5, 0.6) is 0 Å². The highest BCUT2D eigenvalue weighted by molar-refractivity contribution is 6.10. The van der Waals surface area contributed by atoms with Gasteiger partial charge >= 0.3 is 0 Å². The number of nitrogens with zero attached hydrogens (tertiary/aromatic N) is 3. The van der Waals surface area contributed by atoms with Gasteiger partial charge in [-0.05, 0) is 91.0 Å². The van der Waals surface area contributed by atoms with Gasteiger partial charge in [-0.25, -0.2) is 15.0 Å². The molecular formula is C51H31N3O. The Morgan fingerprint density at radius 3 is 1.67 bits per heavy atom. The van der Waals surface area contributed by atoms with Gasteiger partial charge in [-0.2, -0.15) is 0 Å². The molecule has 9 aromatic carbocycles.